The zero-order valence-electron chi connectivity index (χ0n) is 9.61. The number of hydrogen-bond acceptors (Lipinski definition) is 2. The van der Waals surface area contributed by atoms with Crippen molar-refractivity contribution in [1.82, 2.24) is 5.32 Å². The topological polar surface area (TPSA) is 29.1 Å². The molecule has 1 N–H and O–H groups in total. The highest BCUT2D eigenvalue weighted by atomic mass is 127. The van der Waals surface area contributed by atoms with E-state index in [1.165, 1.54) is 11.3 Å². The van der Waals surface area contributed by atoms with Crippen LogP contribution in [0.15, 0.2) is 36.4 Å². The fourth-order valence-corrected chi connectivity index (χ4v) is 3.25. The molecule has 18 heavy (non-hydrogen) atoms. The van der Waals surface area contributed by atoms with E-state index in [0.29, 0.717) is 5.56 Å². The highest BCUT2D eigenvalue weighted by Crippen LogP contribution is 2.27. The van der Waals surface area contributed by atoms with Crippen molar-refractivity contribution in [2.45, 2.75) is 13.0 Å². The van der Waals surface area contributed by atoms with E-state index < -0.39 is 0 Å². The molecule has 0 fully saturated rings. The van der Waals surface area contributed by atoms with Gasteiger partial charge in [0.15, 0.2) is 0 Å². The van der Waals surface area contributed by atoms with Gasteiger partial charge in [-0.25, -0.2) is 0 Å². The van der Waals surface area contributed by atoms with Crippen molar-refractivity contribution in [3.8, 4) is 0 Å². The number of carbonyl (C=O) groups is 1. The third-order valence-corrected chi connectivity index (χ3v) is 4.84. The van der Waals surface area contributed by atoms with Gasteiger partial charge in [0.25, 0.3) is 5.91 Å². The molecule has 1 amide bonds. The number of rotatable bonds is 3. The van der Waals surface area contributed by atoms with Crippen molar-refractivity contribution >= 4 is 51.4 Å². The van der Waals surface area contributed by atoms with Crippen LogP contribution in [0.3, 0.4) is 0 Å². The Bertz CT molecular complexity index is 570. The molecule has 5 heteroatoms. The molecule has 2 rings (SSSR count). The molecule has 0 saturated carbocycles. The average Bonchev–Trinajstić information content (AvgIpc) is 2.76. The molecule has 0 radical (unpaired) electrons. The molecule has 94 valence electrons. The Morgan fingerprint density at radius 3 is 2.67 bits per heavy atom. The molecule has 0 bridgehead atoms. The van der Waals surface area contributed by atoms with Crippen LogP contribution in [0.5, 0.6) is 0 Å². The maximum atomic E-state index is 12.1. The SMILES string of the molecule is CC(NC(=O)c1ccccc1I)c1ccc(Cl)s1. The molecule has 2 nitrogen and oxygen atoms in total. The molecule has 1 unspecified atom stereocenters. The van der Waals surface area contributed by atoms with Crippen LogP contribution in [0.1, 0.15) is 28.2 Å². The van der Waals surface area contributed by atoms with Gasteiger partial charge in [0, 0.05) is 8.45 Å². The van der Waals surface area contributed by atoms with Crippen LogP contribution in [0.25, 0.3) is 0 Å². The summed E-state index contributed by atoms with van der Waals surface area (Å²) >= 11 is 9.54. The Kier molecular flexibility index (Phi) is 4.64. The minimum Gasteiger partial charge on any atom is -0.345 e. The fraction of sp³-hybridized carbons (Fsp3) is 0.154. The van der Waals surface area contributed by atoms with Gasteiger partial charge in [-0.1, -0.05) is 23.7 Å². The number of carbonyl (C=O) groups excluding carboxylic acids is 1. The van der Waals surface area contributed by atoms with Crippen molar-refractivity contribution in [3.05, 3.63) is 54.7 Å². The van der Waals surface area contributed by atoms with Gasteiger partial charge in [-0.05, 0) is 53.8 Å². The van der Waals surface area contributed by atoms with Crippen LogP contribution < -0.4 is 5.32 Å². The first-order valence-corrected chi connectivity index (χ1v) is 7.66. The van der Waals surface area contributed by atoms with E-state index in [9.17, 15) is 4.79 Å². The third-order valence-electron chi connectivity index (χ3n) is 2.49. The van der Waals surface area contributed by atoms with Gasteiger partial charge >= 0.3 is 0 Å². The van der Waals surface area contributed by atoms with Crippen LogP contribution >= 0.6 is 45.5 Å². The van der Waals surface area contributed by atoms with Gasteiger partial charge < -0.3 is 5.32 Å². The van der Waals surface area contributed by atoms with Crippen molar-refractivity contribution in [2.75, 3.05) is 0 Å². The lowest BCUT2D eigenvalue weighted by molar-refractivity contribution is 0.0939. The number of benzene rings is 1. The summed E-state index contributed by atoms with van der Waals surface area (Å²) in [5, 5.41) is 2.97. The Hall–Kier alpha value is -0.590. The van der Waals surface area contributed by atoms with Crippen LogP contribution in [0.2, 0.25) is 4.34 Å². The van der Waals surface area contributed by atoms with Crippen LogP contribution in [0.4, 0.5) is 0 Å². The van der Waals surface area contributed by atoms with Gasteiger partial charge in [-0.2, -0.15) is 0 Å². The van der Waals surface area contributed by atoms with Gasteiger partial charge in [-0.3, -0.25) is 4.79 Å². The fourth-order valence-electron chi connectivity index (χ4n) is 1.55. The Labute approximate surface area is 129 Å². The molecule has 0 saturated heterocycles. The molecule has 0 aliphatic carbocycles. The summed E-state index contributed by atoms with van der Waals surface area (Å²) in [5.74, 6) is -0.0583. The van der Waals surface area contributed by atoms with E-state index >= 15 is 0 Å². The Balaban J connectivity index is 2.10. The summed E-state index contributed by atoms with van der Waals surface area (Å²) in [7, 11) is 0. The summed E-state index contributed by atoms with van der Waals surface area (Å²) in [6.45, 7) is 1.95. The van der Waals surface area contributed by atoms with Crippen molar-refractivity contribution < 1.29 is 4.79 Å². The molecule has 2 aromatic rings. The van der Waals surface area contributed by atoms with Gasteiger partial charge in [0.2, 0.25) is 0 Å². The molecule has 0 aliphatic rings. The first-order chi connectivity index (χ1) is 8.58. The maximum absolute atomic E-state index is 12.1. The largest absolute Gasteiger partial charge is 0.345 e. The monoisotopic (exact) mass is 391 g/mol. The molecule has 1 atom stereocenters. The number of thiophene rings is 1. The number of nitrogens with one attached hydrogen (secondary N) is 1. The second-order valence-electron chi connectivity index (χ2n) is 3.82. The molecular formula is C13H11ClINOS. The number of amides is 1. The summed E-state index contributed by atoms with van der Waals surface area (Å²) in [5.41, 5.74) is 0.701. The van der Waals surface area contributed by atoms with Crippen molar-refractivity contribution in [1.29, 1.82) is 0 Å². The first-order valence-electron chi connectivity index (χ1n) is 5.38. The summed E-state index contributed by atoms with van der Waals surface area (Å²) in [6.07, 6.45) is 0. The van der Waals surface area contributed by atoms with Crippen LogP contribution in [-0.4, -0.2) is 5.91 Å². The highest BCUT2D eigenvalue weighted by molar-refractivity contribution is 14.1. The van der Waals surface area contributed by atoms with Gasteiger partial charge in [0.05, 0.1) is 15.9 Å². The van der Waals surface area contributed by atoms with E-state index in [1.54, 1.807) is 0 Å². The quantitative estimate of drug-likeness (QED) is 0.767. The standard InChI is InChI=1S/C13H11ClINOS/c1-8(11-6-7-12(14)18-11)16-13(17)9-4-2-3-5-10(9)15/h2-8H,1H3,(H,16,17). The number of hydrogen-bond donors (Lipinski definition) is 1. The Morgan fingerprint density at radius 1 is 1.33 bits per heavy atom. The average molecular weight is 392 g/mol. The Morgan fingerprint density at radius 2 is 2.06 bits per heavy atom. The van der Waals surface area contributed by atoms with E-state index in [-0.39, 0.29) is 11.9 Å². The number of halogens is 2. The zero-order valence-corrected chi connectivity index (χ0v) is 13.3. The van der Waals surface area contributed by atoms with E-state index in [4.69, 9.17) is 11.6 Å². The lowest BCUT2D eigenvalue weighted by Crippen LogP contribution is -2.26. The second-order valence-corrected chi connectivity index (χ2v) is 6.73. The van der Waals surface area contributed by atoms with Gasteiger partial charge in [-0.15, -0.1) is 11.3 Å². The summed E-state index contributed by atoms with van der Waals surface area (Å²) in [4.78, 5) is 13.2. The van der Waals surface area contributed by atoms with Crippen molar-refractivity contribution in [2.24, 2.45) is 0 Å². The minimum atomic E-state index is -0.0583. The van der Waals surface area contributed by atoms with E-state index in [1.807, 2.05) is 43.3 Å². The molecule has 0 aliphatic heterocycles. The normalized spacial score (nSPS) is 12.2. The molecule has 1 heterocycles. The minimum absolute atomic E-state index is 0.0361. The molecule has 1 aromatic heterocycles. The molecule has 0 spiro atoms. The van der Waals surface area contributed by atoms with Crippen molar-refractivity contribution in [3.63, 3.8) is 0 Å². The smallest absolute Gasteiger partial charge is 0.252 e. The predicted octanol–water partition coefficient (Wildman–Crippen LogP) is 4.50. The zero-order chi connectivity index (χ0) is 13.1. The molecular weight excluding hydrogens is 381 g/mol. The predicted molar refractivity (Wildman–Crippen MR) is 84.4 cm³/mol. The van der Waals surface area contributed by atoms with Gasteiger partial charge in [0.1, 0.15) is 0 Å². The maximum Gasteiger partial charge on any atom is 0.252 e. The van der Waals surface area contributed by atoms with E-state index in [0.717, 1.165) is 12.8 Å². The second kappa shape index (κ2) is 6.04. The van der Waals surface area contributed by atoms with E-state index in [2.05, 4.69) is 27.9 Å². The summed E-state index contributed by atoms with van der Waals surface area (Å²) in [6, 6.07) is 11.3. The van der Waals surface area contributed by atoms with Crippen LogP contribution in [-0.2, 0) is 0 Å². The molecule has 1 aromatic carbocycles. The lowest BCUT2D eigenvalue weighted by Gasteiger charge is -2.12. The third kappa shape index (κ3) is 3.24. The summed E-state index contributed by atoms with van der Waals surface area (Å²) < 4.78 is 1.68. The highest BCUT2D eigenvalue weighted by Gasteiger charge is 2.14. The van der Waals surface area contributed by atoms with Crippen LogP contribution in [0, 0.1) is 3.57 Å². The first kappa shape index (κ1) is 13.8. The lowest BCUT2D eigenvalue weighted by atomic mass is 10.2.